The Balaban J connectivity index is 0. The van der Waals surface area contributed by atoms with Crippen LogP contribution in [-0.4, -0.2) is 89.5 Å². The average molecular weight is 925 g/mol. The van der Waals surface area contributed by atoms with E-state index in [0.717, 1.165) is 19.3 Å². The number of esters is 2. The van der Waals surface area contributed by atoms with E-state index in [9.17, 15) is 24.4 Å². The second kappa shape index (κ2) is 27.3. The van der Waals surface area contributed by atoms with Crippen LogP contribution in [0.15, 0.2) is 24.8 Å². The summed E-state index contributed by atoms with van der Waals surface area (Å²) >= 11 is 0. The monoisotopic (exact) mass is 925 g/mol. The molecule has 1 radical (unpaired) electrons. The normalized spacial score (nSPS) is 13.2. The summed E-state index contributed by atoms with van der Waals surface area (Å²) in [5, 5.41) is 11.9. The minimum Gasteiger partial charge on any atom is 0 e. The van der Waals surface area contributed by atoms with Crippen LogP contribution in [0.4, 0.5) is 0 Å². The van der Waals surface area contributed by atoms with Gasteiger partial charge in [0.15, 0.2) is 0 Å². The summed E-state index contributed by atoms with van der Waals surface area (Å²) in [6.45, 7) is 26.4. The summed E-state index contributed by atoms with van der Waals surface area (Å²) in [6.07, 6.45) is 10.7. The van der Waals surface area contributed by atoms with E-state index < -0.39 is 17.2 Å². The standard InChI is InChI=1S/C33H50N8O6.3CO.Re/c1-32(2,3)46-30(44)23-39-17-13-35-26(39)21-38(22-27-36-14-18-40(27)24-31(45)47-33(4,5)6)15-9-7-8-12-28(42)37-20-29(43)41-16-10-11-25(41)19-34;3*1-2;/h13-14,17-18,25H,7-12,15-16,20-24H2,1-6H3,(H,37,42);;;;/t25-;;;;/m0..../s1. The number of rotatable bonds is 16. The smallest absolute Gasteiger partial charge is 0 e. The van der Waals surface area contributed by atoms with Gasteiger partial charge in [0.25, 0.3) is 0 Å². The Morgan fingerprint density at radius 1 is 0.870 bits per heavy atom. The predicted molar refractivity (Wildman–Crippen MR) is 184 cm³/mol. The Hall–Kier alpha value is -4.37. The maximum Gasteiger partial charge on any atom is 0 e. The average Bonchev–Trinajstić information content (AvgIpc) is 3.86. The number of unbranched alkanes of at least 4 members (excludes halogenated alkanes) is 2. The van der Waals surface area contributed by atoms with E-state index in [1.54, 1.807) is 33.9 Å². The number of amides is 2. The van der Waals surface area contributed by atoms with Crippen molar-refractivity contribution in [3.8, 4) is 6.07 Å². The molecule has 1 atom stereocenters. The molecule has 2 aromatic rings. The molecule has 2 amide bonds. The molecule has 0 aliphatic carbocycles. The fourth-order valence-corrected chi connectivity index (χ4v) is 5.27. The van der Waals surface area contributed by atoms with E-state index in [1.165, 1.54) is 4.90 Å². The maximum atomic E-state index is 12.5. The molecule has 3 rings (SSSR count). The van der Waals surface area contributed by atoms with Gasteiger partial charge < -0.3 is 28.8 Å². The van der Waals surface area contributed by atoms with Crippen LogP contribution in [0.1, 0.15) is 91.7 Å². The van der Waals surface area contributed by atoms with Crippen molar-refractivity contribution in [2.24, 2.45) is 0 Å². The Labute approximate surface area is 330 Å². The SMILES string of the molecule is CC(C)(C)OC(=O)Cn1ccnc1CN(CCCCCC(=O)NCC(=O)N1CCC[C@H]1C#N)Cc1nccn1CC(=O)OC(C)(C)C.[C-]#[O+].[C-]#[O+].[C-]#[O+].[Re]. The van der Waals surface area contributed by atoms with Crippen LogP contribution in [0.5, 0.6) is 0 Å². The number of nitrogens with zero attached hydrogens (tertiary/aromatic N) is 7. The minimum atomic E-state index is -0.601. The van der Waals surface area contributed by atoms with Gasteiger partial charge in [-0.1, -0.05) is 6.42 Å². The Morgan fingerprint density at radius 2 is 1.35 bits per heavy atom. The number of imidazole rings is 2. The van der Waals surface area contributed by atoms with E-state index in [4.69, 9.17) is 23.4 Å². The molecule has 0 unspecified atom stereocenters. The molecule has 2 aromatic heterocycles. The van der Waals surface area contributed by atoms with E-state index in [-0.39, 0.29) is 70.2 Å². The zero-order valence-corrected chi connectivity index (χ0v) is 34.5. The van der Waals surface area contributed by atoms with E-state index >= 15 is 0 Å². The summed E-state index contributed by atoms with van der Waals surface area (Å²) in [5.74, 6) is 0.218. The second-order valence-electron chi connectivity index (χ2n) is 13.8. The molecule has 18 heteroatoms. The largest absolute Gasteiger partial charge is 0 e. The fourth-order valence-electron chi connectivity index (χ4n) is 5.27. The van der Waals surface area contributed by atoms with Crippen molar-refractivity contribution in [1.82, 2.24) is 34.2 Å². The number of carbonyl (C=O) groups excluding carboxylic acids is 4. The number of hydrogen-bond donors (Lipinski definition) is 1. The molecule has 54 heavy (non-hydrogen) atoms. The van der Waals surface area contributed by atoms with Gasteiger partial charge in [0.05, 0.1) is 25.7 Å². The van der Waals surface area contributed by atoms with Crippen molar-refractivity contribution < 1.29 is 63.0 Å². The van der Waals surface area contributed by atoms with Crippen molar-refractivity contribution in [3.05, 3.63) is 56.4 Å². The molecule has 3 heterocycles. The minimum absolute atomic E-state index is 0. The molecule has 0 spiro atoms. The van der Waals surface area contributed by atoms with Crippen molar-refractivity contribution >= 4 is 23.8 Å². The molecule has 1 aliphatic heterocycles. The molecule has 0 bridgehead atoms. The van der Waals surface area contributed by atoms with Gasteiger partial charge in [0, 0.05) is 58.2 Å². The summed E-state index contributed by atoms with van der Waals surface area (Å²) in [5.41, 5.74) is -1.20. The second-order valence-corrected chi connectivity index (χ2v) is 13.8. The van der Waals surface area contributed by atoms with E-state index in [0.29, 0.717) is 50.7 Å². The van der Waals surface area contributed by atoms with Crippen LogP contribution >= 0.6 is 0 Å². The van der Waals surface area contributed by atoms with Crippen molar-refractivity contribution in [2.45, 2.75) is 123 Å². The van der Waals surface area contributed by atoms with Gasteiger partial charge in [-0.15, -0.1) is 0 Å². The van der Waals surface area contributed by atoms with Crippen molar-refractivity contribution in [1.29, 1.82) is 5.26 Å². The van der Waals surface area contributed by atoms with Crippen LogP contribution in [0.25, 0.3) is 0 Å². The Bertz CT molecular complexity index is 1460. The first-order valence-corrected chi connectivity index (χ1v) is 16.9. The number of carbonyl (C=O) groups is 4. The van der Waals surface area contributed by atoms with Crippen LogP contribution in [0.2, 0.25) is 0 Å². The molecule has 0 aromatic carbocycles. The quantitative estimate of drug-likeness (QED) is 0.112. The van der Waals surface area contributed by atoms with Gasteiger partial charge in [0.1, 0.15) is 42.0 Å². The third kappa shape index (κ3) is 20.8. The molecule has 1 aliphatic rings. The topological polar surface area (TPSA) is 224 Å². The molecule has 17 nitrogen and oxygen atoms in total. The van der Waals surface area contributed by atoms with E-state index in [1.807, 2.05) is 41.5 Å². The number of hydrogen-bond acceptors (Lipinski definition) is 10. The summed E-state index contributed by atoms with van der Waals surface area (Å²) in [7, 11) is 0. The molecule has 0 saturated carbocycles. The first-order valence-electron chi connectivity index (χ1n) is 16.9. The van der Waals surface area contributed by atoms with Crippen LogP contribution < -0.4 is 5.32 Å². The number of likely N-dealkylation sites (tertiary alicyclic amines) is 1. The molecule has 295 valence electrons. The predicted octanol–water partition coefficient (Wildman–Crippen LogP) is 2.84. The first kappa shape index (κ1) is 51.7. The van der Waals surface area contributed by atoms with Gasteiger partial charge in [-0.25, -0.2) is 9.97 Å². The number of aromatic nitrogens is 4. The maximum absolute atomic E-state index is 12.5. The Morgan fingerprint density at radius 3 is 1.80 bits per heavy atom. The van der Waals surface area contributed by atoms with E-state index in [2.05, 4.69) is 46.2 Å². The molecule has 1 fully saturated rings. The third-order valence-electron chi connectivity index (χ3n) is 7.31. The summed E-state index contributed by atoms with van der Waals surface area (Å²) in [4.78, 5) is 62.6. The number of nitrogens with one attached hydrogen (secondary N) is 1. The first-order chi connectivity index (χ1) is 25.1. The fraction of sp³-hybridized carbons (Fsp3) is 0.611. The number of ether oxygens (including phenoxy) is 2. The molecular weight excluding hydrogens is 875 g/mol. The van der Waals surface area contributed by atoms with Crippen LogP contribution in [-0.2, 0) is 89.2 Å². The zero-order valence-electron chi connectivity index (χ0n) is 31.8. The van der Waals surface area contributed by atoms with Gasteiger partial charge >= 0.3 is 45.8 Å². The van der Waals surface area contributed by atoms with Crippen LogP contribution in [0, 0.1) is 31.3 Å². The van der Waals surface area contributed by atoms with Gasteiger partial charge in [-0.05, 0) is 73.8 Å². The van der Waals surface area contributed by atoms with Gasteiger partial charge in [-0.2, -0.15) is 5.26 Å². The van der Waals surface area contributed by atoms with Crippen molar-refractivity contribution in [3.63, 3.8) is 0 Å². The van der Waals surface area contributed by atoms with Crippen molar-refractivity contribution in [2.75, 3.05) is 19.6 Å². The summed E-state index contributed by atoms with van der Waals surface area (Å²) in [6, 6.07) is 1.73. The summed E-state index contributed by atoms with van der Waals surface area (Å²) < 4.78 is 37.0. The molecule has 1 saturated heterocycles. The molecule has 1 N–H and O–H groups in total. The molecular formula is C36H50N8O9Re. The zero-order chi connectivity index (χ0) is 40.6. The van der Waals surface area contributed by atoms with Crippen LogP contribution in [0.3, 0.4) is 0 Å². The van der Waals surface area contributed by atoms with Gasteiger partial charge in [-0.3, -0.25) is 24.1 Å². The Kier molecular flexibility index (Phi) is 26.1. The van der Waals surface area contributed by atoms with Gasteiger partial charge in [0.2, 0.25) is 11.8 Å². The third-order valence-corrected chi connectivity index (χ3v) is 7.31. The number of nitriles is 1.